The summed E-state index contributed by atoms with van der Waals surface area (Å²) >= 11 is 5.83. The second kappa shape index (κ2) is 8.08. The highest BCUT2D eigenvalue weighted by molar-refractivity contribution is 6.30. The molecule has 7 heteroatoms. The molecule has 1 atom stereocenters. The third kappa shape index (κ3) is 4.66. The molecule has 24 heavy (non-hydrogen) atoms. The molecule has 3 rings (SSSR count). The second-order valence-corrected chi connectivity index (χ2v) is 6.05. The zero-order valence-corrected chi connectivity index (χ0v) is 13.9. The number of hydrogen-bond donors (Lipinski definition) is 2. The fraction of sp³-hybridized carbons (Fsp3) is 0.353. The molecule has 1 fully saturated rings. The van der Waals surface area contributed by atoms with E-state index < -0.39 is 0 Å². The van der Waals surface area contributed by atoms with Crippen molar-refractivity contribution >= 4 is 23.3 Å². The van der Waals surface area contributed by atoms with E-state index in [4.69, 9.17) is 16.3 Å². The Labute approximate surface area is 145 Å². The van der Waals surface area contributed by atoms with Gasteiger partial charge in [-0.15, -0.1) is 0 Å². The molecule has 0 saturated carbocycles. The number of benzene rings is 1. The fourth-order valence-corrected chi connectivity index (χ4v) is 2.56. The van der Waals surface area contributed by atoms with Gasteiger partial charge in [-0.05, 0) is 30.5 Å². The minimum Gasteiger partial charge on any atom is -0.376 e. The van der Waals surface area contributed by atoms with Gasteiger partial charge in [0.1, 0.15) is 11.5 Å². The fourth-order valence-electron chi connectivity index (χ4n) is 2.44. The van der Waals surface area contributed by atoms with Crippen LogP contribution in [-0.4, -0.2) is 35.1 Å². The summed E-state index contributed by atoms with van der Waals surface area (Å²) in [7, 11) is 0. The molecule has 1 amide bonds. The van der Waals surface area contributed by atoms with E-state index in [9.17, 15) is 4.79 Å². The maximum atomic E-state index is 12.1. The molecule has 0 spiro atoms. The summed E-state index contributed by atoms with van der Waals surface area (Å²) in [6.07, 6.45) is 5.42. The SMILES string of the molecule is O=C(NCc1ccc(Cl)cc1)c1cnc(NCC2CCCO2)cn1. The average Bonchev–Trinajstić information content (AvgIpc) is 3.13. The molecule has 2 aromatic rings. The summed E-state index contributed by atoms with van der Waals surface area (Å²) in [6, 6.07) is 7.31. The number of nitrogens with one attached hydrogen (secondary N) is 2. The number of ether oxygens (including phenoxy) is 1. The van der Waals surface area contributed by atoms with Gasteiger partial charge in [-0.25, -0.2) is 9.97 Å². The lowest BCUT2D eigenvalue weighted by molar-refractivity contribution is 0.0945. The molecule has 0 aliphatic carbocycles. The highest BCUT2D eigenvalue weighted by Crippen LogP contribution is 2.13. The summed E-state index contributed by atoms with van der Waals surface area (Å²) in [6.45, 7) is 1.94. The number of carbonyl (C=O) groups is 1. The number of hydrogen-bond acceptors (Lipinski definition) is 5. The van der Waals surface area contributed by atoms with Crippen LogP contribution in [0.15, 0.2) is 36.7 Å². The predicted molar refractivity (Wildman–Crippen MR) is 92.1 cm³/mol. The maximum absolute atomic E-state index is 12.1. The number of anilines is 1. The van der Waals surface area contributed by atoms with Gasteiger partial charge >= 0.3 is 0 Å². The molecule has 1 aliphatic rings. The first-order valence-electron chi connectivity index (χ1n) is 7.91. The van der Waals surface area contributed by atoms with Gasteiger partial charge in [0, 0.05) is 24.7 Å². The molecule has 0 bridgehead atoms. The summed E-state index contributed by atoms with van der Waals surface area (Å²) in [5.41, 5.74) is 1.25. The molecule has 1 unspecified atom stereocenters. The number of nitrogens with zero attached hydrogens (tertiary/aromatic N) is 2. The smallest absolute Gasteiger partial charge is 0.271 e. The third-order valence-corrected chi connectivity index (χ3v) is 4.04. The van der Waals surface area contributed by atoms with Crippen LogP contribution in [0.1, 0.15) is 28.9 Å². The van der Waals surface area contributed by atoms with E-state index in [0.717, 1.165) is 25.0 Å². The Bertz CT molecular complexity index is 670. The topological polar surface area (TPSA) is 76.1 Å². The summed E-state index contributed by atoms with van der Waals surface area (Å²) in [5.74, 6) is 0.378. The van der Waals surface area contributed by atoms with Crippen LogP contribution < -0.4 is 10.6 Å². The number of halogens is 1. The number of amides is 1. The Morgan fingerprint density at radius 3 is 2.75 bits per heavy atom. The van der Waals surface area contributed by atoms with Crippen molar-refractivity contribution in [2.24, 2.45) is 0 Å². The molecule has 1 aromatic heterocycles. The molecule has 1 aromatic carbocycles. The van der Waals surface area contributed by atoms with Gasteiger partial charge in [0.05, 0.1) is 18.5 Å². The summed E-state index contributed by atoms with van der Waals surface area (Å²) < 4.78 is 5.53. The van der Waals surface area contributed by atoms with Crippen LogP contribution in [0.4, 0.5) is 5.82 Å². The molecule has 1 saturated heterocycles. The molecule has 2 N–H and O–H groups in total. The van der Waals surface area contributed by atoms with Crippen LogP contribution in [0.3, 0.4) is 0 Å². The van der Waals surface area contributed by atoms with E-state index in [1.54, 1.807) is 18.3 Å². The lowest BCUT2D eigenvalue weighted by Crippen LogP contribution is -2.24. The van der Waals surface area contributed by atoms with Gasteiger partial charge in [-0.2, -0.15) is 0 Å². The van der Waals surface area contributed by atoms with Gasteiger partial charge in [0.2, 0.25) is 0 Å². The van der Waals surface area contributed by atoms with Crippen LogP contribution in [0.5, 0.6) is 0 Å². The molecular weight excluding hydrogens is 328 g/mol. The molecule has 1 aliphatic heterocycles. The molecule has 126 valence electrons. The van der Waals surface area contributed by atoms with E-state index >= 15 is 0 Å². The first kappa shape index (κ1) is 16.7. The predicted octanol–water partition coefficient (Wildman–Crippen LogP) is 2.65. The normalized spacial score (nSPS) is 16.8. The number of rotatable bonds is 6. The van der Waals surface area contributed by atoms with E-state index in [2.05, 4.69) is 20.6 Å². The first-order chi connectivity index (χ1) is 11.7. The van der Waals surface area contributed by atoms with Gasteiger partial charge in [0.15, 0.2) is 0 Å². The minimum atomic E-state index is -0.261. The van der Waals surface area contributed by atoms with Crippen LogP contribution in [0, 0.1) is 0 Å². The molecule has 6 nitrogen and oxygen atoms in total. The standard InChI is InChI=1S/C17H19ClN4O2/c18-13-5-3-12(4-6-13)8-22-17(23)15-10-21-16(11-19-15)20-9-14-2-1-7-24-14/h3-6,10-11,14H,1-2,7-9H2,(H,20,21)(H,22,23). The maximum Gasteiger partial charge on any atom is 0.271 e. The van der Waals surface area contributed by atoms with Gasteiger partial charge in [-0.1, -0.05) is 23.7 Å². The highest BCUT2D eigenvalue weighted by atomic mass is 35.5. The van der Waals surface area contributed by atoms with Crippen LogP contribution in [0.25, 0.3) is 0 Å². The number of carbonyl (C=O) groups excluding carboxylic acids is 1. The van der Waals surface area contributed by atoms with Crippen molar-refractivity contribution in [3.05, 3.63) is 52.9 Å². The highest BCUT2D eigenvalue weighted by Gasteiger charge is 2.15. The molecule has 0 radical (unpaired) electrons. The van der Waals surface area contributed by atoms with Crippen LogP contribution in [0.2, 0.25) is 5.02 Å². The van der Waals surface area contributed by atoms with Crippen molar-refractivity contribution in [1.29, 1.82) is 0 Å². The summed E-state index contributed by atoms with van der Waals surface area (Å²) in [4.78, 5) is 20.5. The van der Waals surface area contributed by atoms with Crippen molar-refractivity contribution in [1.82, 2.24) is 15.3 Å². The zero-order valence-electron chi connectivity index (χ0n) is 13.2. The monoisotopic (exact) mass is 346 g/mol. The van der Waals surface area contributed by atoms with E-state index in [0.29, 0.717) is 23.9 Å². The van der Waals surface area contributed by atoms with Crippen molar-refractivity contribution in [3.8, 4) is 0 Å². The van der Waals surface area contributed by atoms with Gasteiger partial charge in [0.25, 0.3) is 5.91 Å². The minimum absolute atomic E-state index is 0.231. The van der Waals surface area contributed by atoms with Crippen LogP contribution in [-0.2, 0) is 11.3 Å². The Balaban J connectivity index is 1.48. The molecular formula is C17H19ClN4O2. The molecule has 2 heterocycles. The zero-order chi connectivity index (χ0) is 16.8. The first-order valence-corrected chi connectivity index (χ1v) is 8.28. The van der Waals surface area contributed by atoms with Crippen LogP contribution >= 0.6 is 11.6 Å². The third-order valence-electron chi connectivity index (χ3n) is 3.79. The Morgan fingerprint density at radius 1 is 1.25 bits per heavy atom. The lowest BCUT2D eigenvalue weighted by Gasteiger charge is -2.11. The van der Waals surface area contributed by atoms with E-state index in [-0.39, 0.29) is 17.7 Å². The Morgan fingerprint density at radius 2 is 2.08 bits per heavy atom. The lowest BCUT2D eigenvalue weighted by atomic mass is 10.2. The Kier molecular flexibility index (Phi) is 5.61. The Hall–Kier alpha value is -2.18. The largest absolute Gasteiger partial charge is 0.376 e. The number of aromatic nitrogens is 2. The summed E-state index contributed by atoms with van der Waals surface area (Å²) in [5, 5.41) is 6.65. The van der Waals surface area contributed by atoms with Crippen molar-refractivity contribution in [2.45, 2.75) is 25.5 Å². The van der Waals surface area contributed by atoms with Crippen molar-refractivity contribution < 1.29 is 9.53 Å². The van der Waals surface area contributed by atoms with E-state index in [1.165, 1.54) is 6.20 Å². The van der Waals surface area contributed by atoms with Gasteiger partial charge in [-0.3, -0.25) is 4.79 Å². The average molecular weight is 347 g/mol. The van der Waals surface area contributed by atoms with Gasteiger partial charge < -0.3 is 15.4 Å². The van der Waals surface area contributed by atoms with Crippen molar-refractivity contribution in [3.63, 3.8) is 0 Å². The quantitative estimate of drug-likeness (QED) is 0.841. The second-order valence-electron chi connectivity index (χ2n) is 5.61. The van der Waals surface area contributed by atoms with E-state index in [1.807, 2.05) is 12.1 Å². The van der Waals surface area contributed by atoms with Crippen molar-refractivity contribution in [2.75, 3.05) is 18.5 Å².